The van der Waals surface area contributed by atoms with Gasteiger partial charge in [0, 0.05) is 42.8 Å². The van der Waals surface area contributed by atoms with Crippen molar-refractivity contribution >= 4 is 29.1 Å². The first-order valence-electron chi connectivity index (χ1n) is 9.14. The maximum atomic E-state index is 12.1. The highest BCUT2D eigenvalue weighted by Gasteiger charge is 2.22. The van der Waals surface area contributed by atoms with Crippen molar-refractivity contribution in [1.82, 2.24) is 10.2 Å². The molecule has 1 aromatic heterocycles. The molecule has 144 valence electrons. The minimum atomic E-state index is -0.164. The Morgan fingerprint density at radius 3 is 2.67 bits per heavy atom. The lowest BCUT2D eigenvalue weighted by atomic mass is 10.0. The summed E-state index contributed by atoms with van der Waals surface area (Å²) in [5.74, 6) is 0.891. The molecule has 2 aromatic rings. The second kappa shape index (κ2) is 9.06. The number of rotatable bonds is 6. The molecule has 0 atom stereocenters. The van der Waals surface area contributed by atoms with E-state index < -0.39 is 0 Å². The van der Waals surface area contributed by atoms with E-state index in [9.17, 15) is 9.59 Å². The lowest BCUT2D eigenvalue weighted by molar-refractivity contribution is -0.116. The van der Waals surface area contributed by atoms with Gasteiger partial charge in [0.1, 0.15) is 5.76 Å². The Kier molecular flexibility index (Phi) is 6.53. The van der Waals surface area contributed by atoms with Gasteiger partial charge in [-0.05, 0) is 50.1 Å². The van der Waals surface area contributed by atoms with Gasteiger partial charge in [0.2, 0.25) is 5.91 Å². The summed E-state index contributed by atoms with van der Waals surface area (Å²) >= 11 is 5.92. The van der Waals surface area contributed by atoms with E-state index >= 15 is 0 Å². The quantitative estimate of drug-likeness (QED) is 0.793. The molecule has 0 spiro atoms. The van der Waals surface area contributed by atoms with Crippen LogP contribution in [0.2, 0.25) is 5.02 Å². The summed E-state index contributed by atoms with van der Waals surface area (Å²) in [5.41, 5.74) is 0.710. The zero-order valence-corrected chi connectivity index (χ0v) is 16.1. The first-order chi connectivity index (χ1) is 13.0. The van der Waals surface area contributed by atoms with Gasteiger partial charge in [0.05, 0.1) is 0 Å². The number of carbonyl (C=O) groups excluding carboxylic acids is 2. The summed E-state index contributed by atoms with van der Waals surface area (Å²) in [4.78, 5) is 26.5. The molecule has 0 bridgehead atoms. The summed E-state index contributed by atoms with van der Waals surface area (Å²) in [7, 11) is 0. The molecule has 6 nitrogen and oxygen atoms in total. The molecule has 0 aliphatic carbocycles. The average Bonchev–Trinajstić information content (AvgIpc) is 3.08. The normalized spacial score (nSPS) is 15.5. The fraction of sp³-hybridized carbons (Fsp3) is 0.400. The van der Waals surface area contributed by atoms with Crippen molar-refractivity contribution in [1.29, 1.82) is 0 Å². The molecule has 1 saturated heterocycles. The van der Waals surface area contributed by atoms with Gasteiger partial charge < -0.3 is 20.0 Å². The number of aryl methyl sites for hydroxylation is 1. The number of benzene rings is 1. The van der Waals surface area contributed by atoms with E-state index in [2.05, 4.69) is 15.5 Å². The van der Waals surface area contributed by atoms with Gasteiger partial charge in [-0.25, -0.2) is 0 Å². The molecular formula is C20H24ClN3O3. The Hall–Kier alpha value is -2.31. The van der Waals surface area contributed by atoms with Crippen LogP contribution in [-0.4, -0.2) is 42.4 Å². The van der Waals surface area contributed by atoms with Crippen LogP contribution in [0.25, 0.3) is 0 Å². The number of anilines is 1. The summed E-state index contributed by atoms with van der Waals surface area (Å²) in [5, 5.41) is 6.48. The number of nitrogens with zero attached hydrogens (tertiary/aromatic N) is 1. The first kappa shape index (κ1) is 19.5. The van der Waals surface area contributed by atoms with Crippen LogP contribution >= 0.6 is 11.6 Å². The third-order valence-electron chi connectivity index (χ3n) is 4.65. The number of halogens is 1. The van der Waals surface area contributed by atoms with E-state index in [4.69, 9.17) is 16.0 Å². The Morgan fingerprint density at radius 1 is 1.22 bits per heavy atom. The van der Waals surface area contributed by atoms with E-state index in [0.717, 1.165) is 31.7 Å². The second-order valence-corrected chi connectivity index (χ2v) is 7.24. The molecule has 1 fully saturated rings. The molecule has 0 radical (unpaired) electrons. The molecule has 1 aromatic carbocycles. The van der Waals surface area contributed by atoms with E-state index in [1.807, 2.05) is 13.0 Å². The highest BCUT2D eigenvalue weighted by atomic mass is 35.5. The van der Waals surface area contributed by atoms with Crippen molar-refractivity contribution in [2.24, 2.45) is 0 Å². The lowest BCUT2D eigenvalue weighted by Crippen LogP contribution is -2.45. The number of nitrogens with one attached hydrogen (secondary N) is 2. The third kappa shape index (κ3) is 5.84. The largest absolute Gasteiger partial charge is 0.456 e. The van der Waals surface area contributed by atoms with Crippen molar-refractivity contribution in [2.75, 3.05) is 25.0 Å². The smallest absolute Gasteiger partial charge is 0.287 e. The lowest BCUT2D eigenvalue weighted by Gasteiger charge is -2.32. The molecule has 0 unspecified atom stereocenters. The zero-order valence-electron chi connectivity index (χ0n) is 15.3. The molecular weight excluding hydrogens is 366 g/mol. The molecule has 1 aliphatic rings. The highest BCUT2D eigenvalue weighted by molar-refractivity contribution is 6.30. The van der Waals surface area contributed by atoms with Crippen LogP contribution in [0.3, 0.4) is 0 Å². The van der Waals surface area contributed by atoms with Gasteiger partial charge in [0.15, 0.2) is 5.76 Å². The van der Waals surface area contributed by atoms with Crippen LogP contribution < -0.4 is 10.6 Å². The van der Waals surface area contributed by atoms with Crippen LogP contribution in [0.1, 0.15) is 35.6 Å². The average molecular weight is 390 g/mol. The van der Waals surface area contributed by atoms with Gasteiger partial charge >= 0.3 is 0 Å². The van der Waals surface area contributed by atoms with E-state index in [0.29, 0.717) is 29.4 Å². The number of hydrogen-bond donors (Lipinski definition) is 2. The highest BCUT2D eigenvalue weighted by Crippen LogP contribution is 2.16. The van der Waals surface area contributed by atoms with Crippen LogP contribution in [0, 0.1) is 6.92 Å². The number of carbonyl (C=O) groups is 2. The molecule has 27 heavy (non-hydrogen) atoms. The van der Waals surface area contributed by atoms with Gasteiger partial charge in [-0.2, -0.15) is 0 Å². The molecule has 2 N–H and O–H groups in total. The number of piperidine rings is 1. The van der Waals surface area contributed by atoms with Gasteiger partial charge in [0.25, 0.3) is 5.91 Å². The van der Waals surface area contributed by atoms with Crippen molar-refractivity contribution in [3.8, 4) is 0 Å². The fourth-order valence-corrected chi connectivity index (χ4v) is 3.35. The second-order valence-electron chi connectivity index (χ2n) is 6.81. The topological polar surface area (TPSA) is 74.6 Å². The van der Waals surface area contributed by atoms with Crippen LogP contribution in [0.15, 0.2) is 40.8 Å². The summed E-state index contributed by atoms with van der Waals surface area (Å²) in [6.07, 6.45) is 2.15. The van der Waals surface area contributed by atoms with Crippen molar-refractivity contribution < 1.29 is 14.0 Å². The van der Waals surface area contributed by atoms with Gasteiger partial charge in [-0.15, -0.1) is 0 Å². The Bertz CT molecular complexity index is 797. The Balaban J connectivity index is 1.36. The van der Waals surface area contributed by atoms with Gasteiger partial charge in [-0.3, -0.25) is 9.59 Å². The monoisotopic (exact) mass is 389 g/mol. The molecule has 2 amide bonds. The number of hydrogen-bond acceptors (Lipinski definition) is 4. The predicted molar refractivity (Wildman–Crippen MR) is 105 cm³/mol. The van der Waals surface area contributed by atoms with E-state index in [1.165, 1.54) is 0 Å². The fourth-order valence-electron chi connectivity index (χ4n) is 3.16. The van der Waals surface area contributed by atoms with Crippen LogP contribution in [0.5, 0.6) is 0 Å². The maximum Gasteiger partial charge on any atom is 0.287 e. The minimum absolute atomic E-state index is 0.0270. The van der Waals surface area contributed by atoms with Crippen molar-refractivity contribution in [3.05, 3.63) is 52.9 Å². The molecule has 3 rings (SSSR count). The summed E-state index contributed by atoms with van der Waals surface area (Å²) in [6.45, 7) is 4.22. The molecule has 7 heteroatoms. The third-order valence-corrected chi connectivity index (χ3v) is 4.89. The van der Waals surface area contributed by atoms with Crippen LogP contribution in [0.4, 0.5) is 5.69 Å². The summed E-state index contributed by atoms with van der Waals surface area (Å²) < 4.78 is 5.35. The summed E-state index contributed by atoms with van der Waals surface area (Å²) in [6, 6.07) is 10.7. The number of likely N-dealkylation sites (tertiary alicyclic amines) is 1. The Morgan fingerprint density at radius 2 is 2.00 bits per heavy atom. The van der Waals surface area contributed by atoms with Crippen LogP contribution in [-0.2, 0) is 4.79 Å². The molecule has 2 heterocycles. The standard InChI is InChI=1S/C20H24ClN3O3/c1-14-5-6-18(27-14)20(26)23-16-7-10-24(11-8-16)12-9-19(25)22-17-4-2-3-15(21)13-17/h2-6,13,16H,7-12H2,1H3,(H,22,25)(H,23,26). The Labute approximate surface area is 163 Å². The molecule has 1 aliphatic heterocycles. The first-order valence-corrected chi connectivity index (χ1v) is 9.52. The molecule has 0 saturated carbocycles. The number of furan rings is 1. The predicted octanol–water partition coefficient (Wildman–Crippen LogP) is 3.46. The van der Waals surface area contributed by atoms with Crippen molar-refractivity contribution in [3.63, 3.8) is 0 Å². The zero-order chi connectivity index (χ0) is 19.2. The maximum absolute atomic E-state index is 12.1. The number of amides is 2. The van der Waals surface area contributed by atoms with Crippen molar-refractivity contribution in [2.45, 2.75) is 32.2 Å². The minimum Gasteiger partial charge on any atom is -0.456 e. The van der Waals surface area contributed by atoms with E-state index in [-0.39, 0.29) is 17.9 Å². The van der Waals surface area contributed by atoms with E-state index in [1.54, 1.807) is 30.3 Å². The van der Waals surface area contributed by atoms with Gasteiger partial charge in [-0.1, -0.05) is 17.7 Å². The SMILES string of the molecule is Cc1ccc(C(=O)NC2CCN(CCC(=O)Nc3cccc(Cl)c3)CC2)o1.